The molecular formula is C10H14O2. The van der Waals surface area contributed by atoms with E-state index in [0.29, 0.717) is 11.8 Å². The Hall–Kier alpha value is -0.790. The SMILES string of the molecule is C[C@@H]1[C@@H]2C=C[C@@H](C2)[C@@]1(C)C(=O)O. The lowest BCUT2D eigenvalue weighted by Crippen LogP contribution is -2.37. The van der Waals surface area contributed by atoms with Crippen molar-refractivity contribution in [2.24, 2.45) is 23.2 Å². The second-order valence-corrected chi connectivity index (χ2v) is 4.27. The molecule has 2 nitrogen and oxygen atoms in total. The number of rotatable bonds is 1. The molecule has 0 saturated heterocycles. The second kappa shape index (κ2) is 2.12. The van der Waals surface area contributed by atoms with Gasteiger partial charge < -0.3 is 5.11 Å². The van der Waals surface area contributed by atoms with E-state index in [1.807, 2.05) is 6.92 Å². The molecule has 0 spiro atoms. The minimum atomic E-state index is -0.633. The maximum absolute atomic E-state index is 11.1. The molecule has 0 aromatic carbocycles. The molecular weight excluding hydrogens is 152 g/mol. The molecule has 12 heavy (non-hydrogen) atoms. The molecule has 2 heteroatoms. The van der Waals surface area contributed by atoms with Crippen molar-refractivity contribution in [2.45, 2.75) is 20.3 Å². The van der Waals surface area contributed by atoms with E-state index in [-0.39, 0.29) is 5.92 Å². The highest BCUT2D eigenvalue weighted by Gasteiger charge is 2.55. The Morgan fingerprint density at radius 1 is 1.58 bits per heavy atom. The van der Waals surface area contributed by atoms with Gasteiger partial charge in [-0.05, 0) is 31.1 Å². The molecule has 0 unspecified atom stereocenters. The summed E-state index contributed by atoms with van der Waals surface area (Å²) in [5.41, 5.74) is -0.501. The standard InChI is InChI=1S/C10H14O2/c1-6-7-3-4-8(5-7)10(6,2)9(11)12/h3-4,6-8H,5H2,1-2H3,(H,11,12)/t6-,7-,8+,10+/m1/s1. The van der Waals surface area contributed by atoms with Gasteiger partial charge in [0.15, 0.2) is 0 Å². The van der Waals surface area contributed by atoms with Crippen molar-refractivity contribution in [3.05, 3.63) is 12.2 Å². The molecule has 0 radical (unpaired) electrons. The van der Waals surface area contributed by atoms with Crippen LogP contribution in [-0.2, 0) is 4.79 Å². The first kappa shape index (κ1) is 7.84. The summed E-state index contributed by atoms with van der Waals surface area (Å²) in [6.07, 6.45) is 5.31. The molecule has 4 atom stereocenters. The fraction of sp³-hybridized carbons (Fsp3) is 0.700. The number of carbonyl (C=O) groups is 1. The predicted octanol–water partition coefficient (Wildman–Crippen LogP) is 1.92. The topological polar surface area (TPSA) is 37.3 Å². The molecule has 0 aliphatic heterocycles. The number of carboxylic acid groups (broad SMARTS) is 1. The minimum absolute atomic E-state index is 0.273. The number of hydrogen-bond acceptors (Lipinski definition) is 1. The number of allylic oxidation sites excluding steroid dienone is 2. The third-order valence-corrected chi connectivity index (χ3v) is 3.94. The van der Waals surface area contributed by atoms with Gasteiger partial charge >= 0.3 is 5.97 Å². The number of carboxylic acids is 1. The van der Waals surface area contributed by atoms with E-state index in [1.54, 1.807) is 0 Å². The van der Waals surface area contributed by atoms with Crippen molar-refractivity contribution in [3.8, 4) is 0 Å². The van der Waals surface area contributed by atoms with Crippen molar-refractivity contribution < 1.29 is 9.90 Å². The van der Waals surface area contributed by atoms with Gasteiger partial charge in [0.05, 0.1) is 5.41 Å². The van der Waals surface area contributed by atoms with Crippen LogP contribution in [0.5, 0.6) is 0 Å². The Kier molecular flexibility index (Phi) is 1.39. The monoisotopic (exact) mass is 166 g/mol. The van der Waals surface area contributed by atoms with Crippen molar-refractivity contribution in [2.75, 3.05) is 0 Å². The maximum Gasteiger partial charge on any atom is 0.310 e. The van der Waals surface area contributed by atoms with Crippen LogP contribution in [0.25, 0.3) is 0 Å². The lowest BCUT2D eigenvalue weighted by Gasteiger charge is -2.32. The van der Waals surface area contributed by atoms with Gasteiger partial charge in [0.1, 0.15) is 0 Å². The number of hydrogen-bond donors (Lipinski definition) is 1. The highest BCUT2D eigenvalue weighted by molar-refractivity contribution is 5.76. The molecule has 0 aromatic heterocycles. The van der Waals surface area contributed by atoms with Gasteiger partial charge in [-0.3, -0.25) is 4.79 Å². The van der Waals surface area contributed by atoms with Gasteiger partial charge in [0, 0.05) is 0 Å². The van der Waals surface area contributed by atoms with Crippen LogP contribution >= 0.6 is 0 Å². The van der Waals surface area contributed by atoms with Gasteiger partial charge in [-0.15, -0.1) is 0 Å². The van der Waals surface area contributed by atoms with Crippen LogP contribution in [0, 0.1) is 23.2 Å². The van der Waals surface area contributed by atoms with Gasteiger partial charge in [0.2, 0.25) is 0 Å². The Morgan fingerprint density at radius 2 is 2.25 bits per heavy atom. The summed E-state index contributed by atoms with van der Waals surface area (Å²) in [5.74, 6) is 0.447. The van der Waals surface area contributed by atoms with Crippen LogP contribution in [0.15, 0.2) is 12.2 Å². The van der Waals surface area contributed by atoms with Crippen molar-refractivity contribution >= 4 is 5.97 Å². The number of aliphatic carboxylic acids is 1. The first-order valence-corrected chi connectivity index (χ1v) is 4.48. The third-order valence-electron chi connectivity index (χ3n) is 3.94. The van der Waals surface area contributed by atoms with Gasteiger partial charge in [-0.2, -0.15) is 0 Å². The molecule has 66 valence electrons. The maximum atomic E-state index is 11.1. The van der Waals surface area contributed by atoms with E-state index in [4.69, 9.17) is 5.11 Å². The summed E-state index contributed by atoms with van der Waals surface area (Å²) in [4.78, 5) is 11.1. The average Bonchev–Trinajstić information content (AvgIpc) is 2.55. The summed E-state index contributed by atoms with van der Waals surface area (Å²) >= 11 is 0. The average molecular weight is 166 g/mol. The van der Waals surface area contributed by atoms with Crippen LogP contribution in [0.3, 0.4) is 0 Å². The molecule has 2 rings (SSSR count). The van der Waals surface area contributed by atoms with E-state index in [9.17, 15) is 4.79 Å². The number of fused-ring (bicyclic) bond motifs is 2. The van der Waals surface area contributed by atoms with Crippen molar-refractivity contribution in [3.63, 3.8) is 0 Å². The fourth-order valence-electron chi connectivity index (χ4n) is 2.68. The van der Waals surface area contributed by atoms with Crippen LogP contribution in [0.1, 0.15) is 20.3 Å². The first-order valence-electron chi connectivity index (χ1n) is 4.48. The molecule has 2 aliphatic rings. The normalized spacial score (nSPS) is 50.0. The molecule has 1 fully saturated rings. The van der Waals surface area contributed by atoms with Crippen molar-refractivity contribution in [1.82, 2.24) is 0 Å². The highest BCUT2D eigenvalue weighted by Crippen LogP contribution is 2.55. The summed E-state index contributed by atoms with van der Waals surface area (Å²) in [6.45, 7) is 3.94. The lowest BCUT2D eigenvalue weighted by molar-refractivity contribution is -0.152. The predicted molar refractivity (Wildman–Crippen MR) is 45.6 cm³/mol. The van der Waals surface area contributed by atoms with Gasteiger partial charge in [-0.25, -0.2) is 0 Å². The quantitative estimate of drug-likeness (QED) is 0.604. The Balaban J connectivity index is 2.39. The van der Waals surface area contributed by atoms with Crippen LogP contribution in [-0.4, -0.2) is 11.1 Å². The fourth-order valence-corrected chi connectivity index (χ4v) is 2.68. The Morgan fingerprint density at radius 3 is 2.58 bits per heavy atom. The Labute approximate surface area is 72.3 Å². The molecule has 2 aliphatic carbocycles. The summed E-state index contributed by atoms with van der Waals surface area (Å²) in [7, 11) is 0. The zero-order valence-electron chi connectivity index (χ0n) is 7.45. The summed E-state index contributed by atoms with van der Waals surface area (Å²) < 4.78 is 0. The minimum Gasteiger partial charge on any atom is -0.481 e. The van der Waals surface area contributed by atoms with Crippen LogP contribution in [0.4, 0.5) is 0 Å². The van der Waals surface area contributed by atoms with Crippen LogP contribution in [0.2, 0.25) is 0 Å². The molecule has 0 amide bonds. The molecule has 0 aromatic rings. The van der Waals surface area contributed by atoms with Crippen LogP contribution < -0.4 is 0 Å². The molecule has 2 bridgehead atoms. The largest absolute Gasteiger partial charge is 0.481 e. The van der Waals surface area contributed by atoms with E-state index < -0.39 is 11.4 Å². The zero-order valence-corrected chi connectivity index (χ0v) is 7.45. The summed E-state index contributed by atoms with van der Waals surface area (Å²) in [5, 5.41) is 9.13. The van der Waals surface area contributed by atoms with E-state index in [1.165, 1.54) is 0 Å². The van der Waals surface area contributed by atoms with E-state index in [2.05, 4.69) is 19.1 Å². The van der Waals surface area contributed by atoms with Gasteiger partial charge in [0.25, 0.3) is 0 Å². The van der Waals surface area contributed by atoms with Gasteiger partial charge in [-0.1, -0.05) is 19.1 Å². The van der Waals surface area contributed by atoms with Crippen molar-refractivity contribution in [1.29, 1.82) is 0 Å². The molecule has 1 saturated carbocycles. The zero-order chi connectivity index (χ0) is 8.93. The summed E-state index contributed by atoms with van der Waals surface area (Å²) in [6, 6.07) is 0. The van der Waals surface area contributed by atoms with E-state index >= 15 is 0 Å². The Bertz CT molecular complexity index is 257. The second-order valence-electron chi connectivity index (χ2n) is 4.27. The lowest BCUT2D eigenvalue weighted by atomic mass is 9.71. The molecule has 1 N–H and O–H groups in total. The third kappa shape index (κ3) is 0.680. The smallest absolute Gasteiger partial charge is 0.310 e. The van der Waals surface area contributed by atoms with E-state index in [0.717, 1.165) is 6.42 Å². The molecule has 0 heterocycles. The first-order chi connectivity index (χ1) is 5.56. The highest BCUT2D eigenvalue weighted by atomic mass is 16.4.